The van der Waals surface area contributed by atoms with Gasteiger partial charge in [0.2, 0.25) is 0 Å². The minimum atomic E-state index is -0.200. The molecule has 0 saturated heterocycles. The molecule has 0 amide bonds. The van der Waals surface area contributed by atoms with Crippen LogP contribution in [0.4, 0.5) is 4.39 Å². The maximum atomic E-state index is 13.5. The van der Waals surface area contributed by atoms with Crippen LogP contribution in [-0.2, 0) is 0 Å². The van der Waals surface area contributed by atoms with Crippen molar-refractivity contribution >= 4 is 15.9 Å². The third-order valence-electron chi connectivity index (χ3n) is 3.39. The lowest BCUT2D eigenvalue weighted by Crippen LogP contribution is -2.20. The third-order valence-corrected chi connectivity index (χ3v) is 3.89. The molecule has 0 aromatic heterocycles. The summed E-state index contributed by atoms with van der Waals surface area (Å²) in [5, 5.41) is 3.28. The first-order valence-corrected chi connectivity index (χ1v) is 7.01. The SMILES string of the molecule is CNC(c1cc(F)ccc1C)c1cc(Br)ccc1C. The van der Waals surface area contributed by atoms with Gasteiger partial charge < -0.3 is 5.32 Å². The number of rotatable bonds is 3. The molecule has 0 aliphatic heterocycles. The van der Waals surface area contributed by atoms with E-state index in [0.717, 1.165) is 21.2 Å². The molecule has 2 aromatic rings. The molecule has 1 atom stereocenters. The number of aryl methyl sites for hydroxylation is 2. The smallest absolute Gasteiger partial charge is 0.123 e. The molecule has 0 aliphatic rings. The first-order valence-electron chi connectivity index (χ1n) is 6.22. The Morgan fingerprint density at radius 2 is 1.58 bits per heavy atom. The van der Waals surface area contributed by atoms with Crippen molar-refractivity contribution in [3.8, 4) is 0 Å². The van der Waals surface area contributed by atoms with Crippen LogP contribution in [0, 0.1) is 19.7 Å². The van der Waals surface area contributed by atoms with Crippen LogP contribution in [0.2, 0.25) is 0 Å². The summed E-state index contributed by atoms with van der Waals surface area (Å²) in [6.07, 6.45) is 0. The second kappa shape index (κ2) is 5.85. The van der Waals surface area contributed by atoms with E-state index < -0.39 is 0 Å². The van der Waals surface area contributed by atoms with Crippen LogP contribution in [0.15, 0.2) is 40.9 Å². The molecule has 1 unspecified atom stereocenters. The number of hydrogen-bond donors (Lipinski definition) is 1. The predicted molar refractivity (Wildman–Crippen MR) is 80.9 cm³/mol. The van der Waals surface area contributed by atoms with Crippen molar-refractivity contribution < 1.29 is 4.39 Å². The Labute approximate surface area is 122 Å². The highest BCUT2D eigenvalue weighted by atomic mass is 79.9. The standard InChI is InChI=1S/C16H17BrFN/c1-10-4-6-12(17)8-14(10)16(19-3)15-9-13(18)7-5-11(15)2/h4-9,16,19H,1-3H3. The molecule has 0 bridgehead atoms. The Morgan fingerprint density at radius 1 is 1.00 bits per heavy atom. The summed E-state index contributed by atoms with van der Waals surface area (Å²) >= 11 is 3.50. The van der Waals surface area contributed by atoms with Crippen LogP contribution in [0.5, 0.6) is 0 Å². The Balaban J connectivity index is 2.55. The molecule has 1 N–H and O–H groups in total. The summed E-state index contributed by atoms with van der Waals surface area (Å²) in [5.74, 6) is -0.200. The molecular weight excluding hydrogens is 305 g/mol. The molecule has 100 valence electrons. The molecule has 1 nitrogen and oxygen atoms in total. The van der Waals surface area contributed by atoms with Crippen molar-refractivity contribution in [2.24, 2.45) is 0 Å². The van der Waals surface area contributed by atoms with Crippen molar-refractivity contribution in [2.75, 3.05) is 7.05 Å². The molecular formula is C16H17BrFN. The van der Waals surface area contributed by atoms with Gasteiger partial charge in [-0.1, -0.05) is 28.1 Å². The lowest BCUT2D eigenvalue weighted by Gasteiger charge is -2.21. The zero-order chi connectivity index (χ0) is 14.0. The maximum absolute atomic E-state index is 13.5. The van der Waals surface area contributed by atoms with Gasteiger partial charge in [-0.2, -0.15) is 0 Å². The summed E-state index contributed by atoms with van der Waals surface area (Å²) in [5.41, 5.74) is 4.40. The number of nitrogens with one attached hydrogen (secondary N) is 1. The van der Waals surface area contributed by atoms with Gasteiger partial charge >= 0.3 is 0 Å². The van der Waals surface area contributed by atoms with E-state index in [1.54, 1.807) is 6.07 Å². The van der Waals surface area contributed by atoms with Gasteiger partial charge in [0.15, 0.2) is 0 Å². The Kier molecular flexibility index (Phi) is 4.38. The molecule has 3 heteroatoms. The van der Waals surface area contributed by atoms with Crippen LogP contribution in [-0.4, -0.2) is 7.05 Å². The molecule has 0 heterocycles. The number of benzene rings is 2. The highest BCUT2D eigenvalue weighted by molar-refractivity contribution is 9.10. The van der Waals surface area contributed by atoms with Crippen LogP contribution in [0.1, 0.15) is 28.3 Å². The van der Waals surface area contributed by atoms with E-state index in [9.17, 15) is 4.39 Å². The largest absolute Gasteiger partial charge is 0.309 e. The molecule has 2 rings (SSSR count). The minimum absolute atomic E-state index is 0.00630. The number of halogens is 2. The fraction of sp³-hybridized carbons (Fsp3) is 0.250. The summed E-state index contributed by atoms with van der Waals surface area (Å²) in [4.78, 5) is 0. The van der Waals surface area contributed by atoms with Gasteiger partial charge in [-0.25, -0.2) is 4.39 Å². The van der Waals surface area contributed by atoms with E-state index in [1.165, 1.54) is 11.6 Å². The summed E-state index contributed by atoms with van der Waals surface area (Å²) in [7, 11) is 1.90. The van der Waals surface area contributed by atoms with E-state index in [2.05, 4.69) is 40.3 Å². The van der Waals surface area contributed by atoms with Crippen molar-refractivity contribution in [2.45, 2.75) is 19.9 Å². The second-order valence-electron chi connectivity index (χ2n) is 4.72. The highest BCUT2D eigenvalue weighted by Crippen LogP contribution is 2.29. The third kappa shape index (κ3) is 3.04. The molecule has 0 aliphatic carbocycles. The average molecular weight is 322 g/mol. The zero-order valence-corrected chi connectivity index (χ0v) is 12.9. The monoisotopic (exact) mass is 321 g/mol. The van der Waals surface area contributed by atoms with Gasteiger partial charge in [-0.05, 0) is 67.4 Å². The van der Waals surface area contributed by atoms with Crippen molar-refractivity contribution in [3.63, 3.8) is 0 Å². The fourth-order valence-corrected chi connectivity index (χ4v) is 2.70. The quantitative estimate of drug-likeness (QED) is 0.876. The Morgan fingerprint density at radius 3 is 2.21 bits per heavy atom. The normalized spacial score (nSPS) is 12.5. The first-order chi connectivity index (χ1) is 9.02. The number of hydrogen-bond acceptors (Lipinski definition) is 1. The maximum Gasteiger partial charge on any atom is 0.123 e. The van der Waals surface area contributed by atoms with E-state index in [4.69, 9.17) is 0 Å². The first kappa shape index (κ1) is 14.2. The molecule has 0 radical (unpaired) electrons. The van der Waals surface area contributed by atoms with Crippen LogP contribution in [0.3, 0.4) is 0 Å². The van der Waals surface area contributed by atoms with Crippen molar-refractivity contribution in [1.82, 2.24) is 5.32 Å². The van der Waals surface area contributed by atoms with E-state index in [-0.39, 0.29) is 11.9 Å². The Bertz CT molecular complexity index is 544. The van der Waals surface area contributed by atoms with Crippen LogP contribution < -0.4 is 5.32 Å². The van der Waals surface area contributed by atoms with Gasteiger partial charge in [0.25, 0.3) is 0 Å². The average Bonchev–Trinajstić information content (AvgIpc) is 2.38. The van der Waals surface area contributed by atoms with Crippen molar-refractivity contribution in [1.29, 1.82) is 0 Å². The molecule has 19 heavy (non-hydrogen) atoms. The topological polar surface area (TPSA) is 12.0 Å². The van der Waals surface area contributed by atoms with E-state index >= 15 is 0 Å². The van der Waals surface area contributed by atoms with Gasteiger partial charge in [-0.3, -0.25) is 0 Å². The van der Waals surface area contributed by atoms with Crippen molar-refractivity contribution in [3.05, 3.63) is 68.9 Å². The summed E-state index contributed by atoms with van der Waals surface area (Å²) in [6, 6.07) is 11.1. The summed E-state index contributed by atoms with van der Waals surface area (Å²) < 4.78 is 14.5. The van der Waals surface area contributed by atoms with Gasteiger partial charge in [0.1, 0.15) is 5.82 Å². The van der Waals surface area contributed by atoms with Crippen LogP contribution in [0.25, 0.3) is 0 Å². The summed E-state index contributed by atoms with van der Waals surface area (Å²) in [6.45, 7) is 4.08. The minimum Gasteiger partial charge on any atom is -0.309 e. The second-order valence-corrected chi connectivity index (χ2v) is 5.64. The van der Waals surface area contributed by atoms with Crippen LogP contribution >= 0.6 is 15.9 Å². The molecule has 0 fully saturated rings. The Hall–Kier alpha value is -1.19. The van der Waals surface area contributed by atoms with Gasteiger partial charge in [0, 0.05) is 4.47 Å². The zero-order valence-electron chi connectivity index (χ0n) is 11.3. The van der Waals surface area contributed by atoms with Gasteiger partial charge in [0.05, 0.1) is 6.04 Å². The van der Waals surface area contributed by atoms with E-state index in [0.29, 0.717) is 0 Å². The lowest BCUT2D eigenvalue weighted by atomic mass is 9.92. The molecule has 0 spiro atoms. The molecule has 2 aromatic carbocycles. The highest BCUT2D eigenvalue weighted by Gasteiger charge is 2.17. The van der Waals surface area contributed by atoms with Gasteiger partial charge in [-0.15, -0.1) is 0 Å². The fourth-order valence-electron chi connectivity index (χ4n) is 2.32. The predicted octanol–water partition coefficient (Wildman–Crippen LogP) is 4.51. The molecule has 0 saturated carbocycles. The van der Waals surface area contributed by atoms with E-state index in [1.807, 2.05) is 26.1 Å². The lowest BCUT2D eigenvalue weighted by molar-refractivity contribution is 0.614.